The van der Waals surface area contributed by atoms with Crippen molar-refractivity contribution in [2.24, 2.45) is 11.3 Å². The third-order valence-corrected chi connectivity index (χ3v) is 6.51. The van der Waals surface area contributed by atoms with Gasteiger partial charge in [0, 0.05) is 49.1 Å². The van der Waals surface area contributed by atoms with Crippen LogP contribution in [0.1, 0.15) is 17.8 Å². The Kier molecular flexibility index (Phi) is 7.89. The van der Waals surface area contributed by atoms with Gasteiger partial charge in [0.1, 0.15) is 11.6 Å². The predicted molar refractivity (Wildman–Crippen MR) is 104 cm³/mol. The van der Waals surface area contributed by atoms with Crippen molar-refractivity contribution in [3.8, 4) is 0 Å². The van der Waals surface area contributed by atoms with Gasteiger partial charge in [-0.1, -0.05) is 0 Å². The first-order valence-corrected chi connectivity index (χ1v) is 10.9. The smallest absolute Gasteiger partial charge is 0.475 e. The fraction of sp³-hybridized carbons (Fsp3) is 0.737. The molecule has 0 radical (unpaired) electrons. The Hall–Kier alpha value is -1.76. The number of carboxylic acid groups (broad SMARTS) is 1. The Balaban J connectivity index is 0.000000339. The number of thiazole rings is 1. The number of aromatic nitrogens is 1. The molecule has 3 fully saturated rings. The van der Waals surface area contributed by atoms with Crippen LogP contribution in [0.15, 0.2) is 11.6 Å². The van der Waals surface area contributed by atoms with Gasteiger partial charge in [-0.05, 0) is 12.8 Å². The third-order valence-electron chi connectivity index (χ3n) is 5.75. The average Bonchev–Trinajstić information content (AvgIpc) is 3.47. The molecule has 3 aliphatic heterocycles. The van der Waals surface area contributed by atoms with Crippen molar-refractivity contribution in [3.63, 3.8) is 0 Å². The molecule has 2 atom stereocenters. The van der Waals surface area contributed by atoms with Crippen molar-refractivity contribution in [2.45, 2.75) is 25.6 Å². The molecule has 3 aliphatic rings. The lowest BCUT2D eigenvalue weighted by Crippen LogP contribution is -2.38. The van der Waals surface area contributed by atoms with Crippen LogP contribution in [0.4, 0.5) is 13.2 Å². The summed E-state index contributed by atoms with van der Waals surface area (Å²) in [4.78, 5) is 29.8. The van der Waals surface area contributed by atoms with E-state index in [2.05, 4.69) is 9.88 Å². The highest BCUT2D eigenvalue weighted by atomic mass is 32.1. The number of fused-ring (bicyclic) bond motifs is 1. The molecule has 8 nitrogen and oxygen atoms in total. The zero-order valence-electron chi connectivity index (χ0n) is 17.0. The van der Waals surface area contributed by atoms with Gasteiger partial charge in [-0.3, -0.25) is 9.69 Å². The molecule has 0 bridgehead atoms. The zero-order valence-corrected chi connectivity index (χ0v) is 17.8. The average molecular weight is 465 g/mol. The van der Waals surface area contributed by atoms with Crippen LogP contribution in [-0.2, 0) is 25.6 Å². The highest BCUT2D eigenvalue weighted by Crippen LogP contribution is 2.42. The number of rotatable bonds is 6. The van der Waals surface area contributed by atoms with Crippen LogP contribution < -0.4 is 0 Å². The van der Waals surface area contributed by atoms with Crippen LogP contribution in [0.25, 0.3) is 0 Å². The molecular weight excluding hydrogens is 439 g/mol. The largest absolute Gasteiger partial charge is 0.490 e. The summed E-state index contributed by atoms with van der Waals surface area (Å²) < 4.78 is 43.3. The number of likely N-dealkylation sites (tertiary alicyclic amines) is 2. The second-order valence-corrected chi connectivity index (χ2v) is 9.03. The maximum absolute atomic E-state index is 12.1. The first kappa shape index (κ1) is 23.9. The van der Waals surface area contributed by atoms with Crippen molar-refractivity contribution in [2.75, 3.05) is 52.6 Å². The minimum atomic E-state index is -5.08. The normalized spacial score (nSPS) is 25.9. The summed E-state index contributed by atoms with van der Waals surface area (Å²) in [6, 6.07) is 0. The van der Waals surface area contributed by atoms with E-state index in [9.17, 15) is 18.0 Å². The van der Waals surface area contributed by atoms with E-state index in [1.54, 1.807) is 11.3 Å². The van der Waals surface area contributed by atoms with Crippen LogP contribution in [0.5, 0.6) is 0 Å². The summed E-state index contributed by atoms with van der Waals surface area (Å²) in [5, 5.41) is 10.3. The lowest BCUT2D eigenvalue weighted by atomic mass is 9.82. The van der Waals surface area contributed by atoms with Gasteiger partial charge < -0.3 is 19.5 Å². The number of carbonyl (C=O) groups is 2. The molecule has 1 aromatic heterocycles. The van der Waals surface area contributed by atoms with Crippen molar-refractivity contribution >= 4 is 23.2 Å². The maximum Gasteiger partial charge on any atom is 0.490 e. The molecule has 0 unspecified atom stereocenters. The van der Waals surface area contributed by atoms with E-state index in [1.165, 1.54) is 0 Å². The van der Waals surface area contributed by atoms with E-state index in [-0.39, 0.29) is 17.9 Å². The predicted octanol–water partition coefficient (Wildman–Crippen LogP) is 1.86. The summed E-state index contributed by atoms with van der Waals surface area (Å²) >= 11 is 1.71. The Labute approximate surface area is 181 Å². The number of alkyl halides is 3. The monoisotopic (exact) mass is 465 g/mol. The van der Waals surface area contributed by atoms with E-state index in [4.69, 9.17) is 19.4 Å². The van der Waals surface area contributed by atoms with E-state index in [0.29, 0.717) is 12.5 Å². The Morgan fingerprint density at radius 2 is 2.06 bits per heavy atom. The van der Waals surface area contributed by atoms with Gasteiger partial charge in [0.2, 0.25) is 5.91 Å². The van der Waals surface area contributed by atoms with Crippen LogP contribution in [0.2, 0.25) is 0 Å². The van der Waals surface area contributed by atoms with Gasteiger partial charge in [-0.15, -0.1) is 11.3 Å². The second kappa shape index (κ2) is 10.2. The van der Waals surface area contributed by atoms with Gasteiger partial charge >= 0.3 is 12.1 Å². The number of hydrogen-bond donors (Lipinski definition) is 1. The van der Waals surface area contributed by atoms with Gasteiger partial charge in [-0.2, -0.15) is 13.2 Å². The zero-order chi connectivity index (χ0) is 22.5. The van der Waals surface area contributed by atoms with Crippen molar-refractivity contribution in [1.82, 2.24) is 14.8 Å². The molecule has 4 rings (SSSR count). The van der Waals surface area contributed by atoms with Crippen molar-refractivity contribution in [1.29, 1.82) is 0 Å². The van der Waals surface area contributed by atoms with E-state index in [1.807, 2.05) is 16.5 Å². The first-order chi connectivity index (χ1) is 14.7. The number of halogens is 3. The molecule has 0 aliphatic carbocycles. The number of nitrogens with zero attached hydrogens (tertiary/aromatic N) is 3. The first-order valence-electron chi connectivity index (χ1n) is 10.0. The van der Waals surface area contributed by atoms with E-state index in [0.717, 1.165) is 63.8 Å². The van der Waals surface area contributed by atoms with Crippen molar-refractivity contribution < 1.29 is 37.3 Å². The number of aliphatic carboxylic acids is 1. The minimum absolute atomic E-state index is 0.0442. The van der Waals surface area contributed by atoms with Crippen molar-refractivity contribution in [3.05, 3.63) is 16.6 Å². The third kappa shape index (κ3) is 6.37. The highest BCUT2D eigenvalue weighted by molar-refractivity contribution is 7.09. The molecule has 4 heterocycles. The number of carbonyl (C=O) groups excluding carboxylic acids is 1. The Morgan fingerprint density at radius 1 is 1.35 bits per heavy atom. The van der Waals surface area contributed by atoms with Gasteiger partial charge in [0.15, 0.2) is 0 Å². The second-order valence-electron chi connectivity index (χ2n) is 8.05. The summed E-state index contributed by atoms with van der Waals surface area (Å²) in [6.07, 6.45) is -0.975. The molecule has 31 heavy (non-hydrogen) atoms. The number of amides is 1. The number of ether oxygens (including phenoxy) is 2. The maximum atomic E-state index is 12.1. The summed E-state index contributed by atoms with van der Waals surface area (Å²) in [5.74, 6) is -2.12. The van der Waals surface area contributed by atoms with Gasteiger partial charge in [0.05, 0.1) is 26.4 Å². The van der Waals surface area contributed by atoms with E-state index >= 15 is 0 Å². The van der Waals surface area contributed by atoms with Crippen LogP contribution >= 0.6 is 11.3 Å². The standard InChI is InChI=1S/C17H25N3O3S.C2HF3O2/c21-16(20-4-1-2-5-20)10-23-13-17-11-19(7-14(17)9-22-12-17)8-15-18-3-6-24-15;3-2(4,5)1(6)7/h3,6,14H,1-2,4-5,7-13H2;(H,6,7)/t14-,17+;/m1./s1. The molecule has 3 saturated heterocycles. The molecule has 174 valence electrons. The fourth-order valence-corrected chi connectivity index (χ4v) is 4.85. The van der Waals surface area contributed by atoms with Crippen LogP contribution in [0.3, 0.4) is 0 Å². The summed E-state index contributed by atoms with van der Waals surface area (Å²) in [7, 11) is 0. The lowest BCUT2D eigenvalue weighted by Gasteiger charge is -2.27. The van der Waals surface area contributed by atoms with Crippen LogP contribution in [0, 0.1) is 11.3 Å². The Morgan fingerprint density at radius 3 is 2.68 bits per heavy atom. The summed E-state index contributed by atoms with van der Waals surface area (Å²) in [5.41, 5.74) is 0.0442. The molecule has 1 N–H and O–H groups in total. The van der Waals surface area contributed by atoms with Crippen LogP contribution in [-0.4, -0.2) is 90.5 Å². The topological polar surface area (TPSA) is 92.2 Å². The number of hydrogen-bond acceptors (Lipinski definition) is 7. The molecular formula is C19H26F3N3O5S. The number of carboxylic acids is 1. The molecule has 1 amide bonds. The Bertz CT molecular complexity index is 743. The quantitative estimate of drug-likeness (QED) is 0.686. The minimum Gasteiger partial charge on any atom is -0.475 e. The molecule has 0 spiro atoms. The fourth-order valence-electron chi connectivity index (χ4n) is 4.19. The SMILES string of the molecule is O=C(COC[C@]12COC[C@H]1CN(Cc1nccs1)C2)N1CCCC1.O=C(O)C(F)(F)F. The lowest BCUT2D eigenvalue weighted by molar-refractivity contribution is -0.192. The molecule has 1 aromatic rings. The van der Waals surface area contributed by atoms with Gasteiger partial charge in [0.25, 0.3) is 0 Å². The molecule has 0 saturated carbocycles. The highest BCUT2D eigenvalue weighted by Gasteiger charge is 2.50. The van der Waals surface area contributed by atoms with Gasteiger partial charge in [-0.25, -0.2) is 9.78 Å². The molecule has 0 aromatic carbocycles. The molecule has 12 heteroatoms. The summed E-state index contributed by atoms with van der Waals surface area (Å²) in [6.45, 7) is 7.05. The van der Waals surface area contributed by atoms with E-state index < -0.39 is 12.1 Å².